The summed E-state index contributed by atoms with van der Waals surface area (Å²) in [5, 5.41) is 11.2. The van der Waals surface area contributed by atoms with Crippen LogP contribution in [0.4, 0.5) is 13.6 Å². The molecule has 3 saturated heterocycles. The Kier molecular flexibility index (Phi) is 10.0. The van der Waals surface area contributed by atoms with E-state index in [1.165, 1.54) is 4.90 Å². The normalized spacial score (nSPS) is 23.3. The van der Waals surface area contributed by atoms with Crippen molar-refractivity contribution in [1.82, 2.24) is 19.6 Å². The number of rotatable bonds is 7. The van der Waals surface area contributed by atoms with E-state index in [0.29, 0.717) is 51.0 Å². The van der Waals surface area contributed by atoms with E-state index < -0.39 is 42.3 Å². The Bertz CT molecular complexity index is 1380. The zero-order valence-corrected chi connectivity index (χ0v) is 27.2. The van der Waals surface area contributed by atoms with Crippen molar-refractivity contribution >= 4 is 17.9 Å². The molecule has 0 radical (unpaired) electrons. The second-order valence-corrected chi connectivity index (χ2v) is 13.8. The van der Waals surface area contributed by atoms with Gasteiger partial charge in [0.15, 0.2) is 0 Å². The molecule has 1 N–H and O–H groups in total. The lowest BCUT2D eigenvalue weighted by atomic mass is 10.0. The largest absolute Gasteiger partial charge is 0.444 e. The first-order valence-electron chi connectivity index (χ1n) is 16.3. The Labute approximate surface area is 270 Å². The van der Waals surface area contributed by atoms with Crippen molar-refractivity contribution < 1.29 is 33.0 Å². The molecule has 4 atom stereocenters. The molecule has 250 valence electrons. The summed E-state index contributed by atoms with van der Waals surface area (Å²) in [6, 6.07) is 15.6. The van der Waals surface area contributed by atoms with Gasteiger partial charge in [0.25, 0.3) is 11.8 Å². The average molecular weight is 641 g/mol. The smallest absolute Gasteiger partial charge is 0.410 e. The van der Waals surface area contributed by atoms with E-state index in [-0.39, 0.29) is 30.8 Å². The summed E-state index contributed by atoms with van der Waals surface area (Å²) in [6.45, 7) is 8.61. The molecule has 46 heavy (non-hydrogen) atoms. The molecule has 0 saturated carbocycles. The summed E-state index contributed by atoms with van der Waals surface area (Å²) >= 11 is 0. The van der Waals surface area contributed by atoms with E-state index in [4.69, 9.17) is 4.74 Å². The molecule has 9 nitrogen and oxygen atoms in total. The number of benzene rings is 2. The van der Waals surface area contributed by atoms with Gasteiger partial charge in [-0.2, -0.15) is 0 Å². The molecule has 3 amide bonds. The fourth-order valence-corrected chi connectivity index (χ4v) is 6.79. The first kappa shape index (κ1) is 33.8. The third kappa shape index (κ3) is 7.86. The first-order valence-corrected chi connectivity index (χ1v) is 16.3. The van der Waals surface area contributed by atoms with E-state index in [0.717, 1.165) is 11.1 Å². The maximum absolute atomic E-state index is 13.6. The number of alkyl halides is 2. The summed E-state index contributed by atoms with van der Waals surface area (Å²) in [4.78, 5) is 46.2. The Morgan fingerprint density at radius 2 is 1.59 bits per heavy atom. The molecule has 2 aromatic carbocycles. The highest BCUT2D eigenvalue weighted by Gasteiger charge is 2.44. The van der Waals surface area contributed by atoms with Gasteiger partial charge in [0, 0.05) is 50.7 Å². The van der Waals surface area contributed by atoms with E-state index in [2.05, 4.69) is 0 Å². The van der Waals surface area contributed by atoms with Crippen molar-refractivity contribution in [2.45, 2.75) is 89.1 Å². The van der Waals surface area contributed by atoms with Crippen LogP contribution >= 0.6 is 0 Å². The van der Waals surface area contributed by atoms with Crippen molar-refractivity contribution in [1.29, 1.82) is 0 Å². The van der Waals surface area contributed by atoms with Gasteiger partial charge < -0.3 is 19.6 Å². The highest BCUT2D eigenvalue weighted by molar-refractivity contribution is 5.94. The molecule has 3 aliphatic rings. The van der Waals surface area contributed by atoms with Gasteiger partial charge in [-0.1, -0.05) is 42.5 Å². The maximum atomic E-state index is 13.6. The molecule has 11 heteroatoms. The number of halogens is 2. The second-order valence-electron chi connectivity index (χ2n) is 13.8. The number of aliphatic hydroxyl groups excluding tert-OH is 1. The molecule has 0 bridgehead atoms. The van der Waals surface area contributed by atoms with Gasteiger partial charge in [0.05, 0.1) is 24.7 Å². The number of amides is 3. The third-order valence-electron chi connectivity index (χ3n) is 9.32. The van der Waals surface area contributed by atoms with Gasteiger partial charge in [-0.25, -0.2) is 13.6 Å². The van der Waals surface area contributed by atoms with Crippen LogP contribution in [0.25, 0.3) is 0 Å². The summed E-state index contributed by atoms with van der Waals surface area (Å²) in [5.41, 5.74) is 1.59. The van der Waals surface area contributed by atoms with Gasteiger partial charge in [-0.05, 0) is 70.2 Å². The Balaban J connectivity index is 1.19. The van der Waals surface area contributed by atoms with Crippen LogP contribution in [0.2, 0.25) is 0 Å². The number of carbonyl (C=O) groups is 3. The number of piperazine rings is 1. The van der Waals surface area contributed by atoms with Crippen molar-refractivity contribution in [2.24, 2.45) is 0 Å². The lowest BCUT2D eigenvalue weighted by Gasteiger charge is -2.38. The number of carbonyl (C=O) groups excluding carboxylic acids is 3. The van der Waals surface area contributed by atoms with E-state index in [1.807, 2.05) is 68.1 Å². The van der Waals surface area contributed by atoms with Crippen molar-refractivity contribution in [2.75, 3.05) is 39.3 Å². The fourth-order valence-electron chi connectivity index (χ4n) is 6.79. The van der Waals surface area contributed by atoms with E-state index in [9.17, 15) is 28.3 Å². The molecular weight excluding hydrogens is 594 g/mol. The fraction of sp³-hybridized carbons (Fsp3) is 0.571. The SMILES string of the molecule is CC(C(=O)N1CCC(F)(F)C1)N1CCN(C(=O)c2ccc(C[C@@H]3CC[C@H]([C@H](O)c4ccccc4)N3C(=O)OC(C)(C)C)cc2)CC1. The van der Waals surface area contributed by atoms with Crippen LogP contribution in [0, 0.1) is 0 Å². The molecule has 1 unspecified atom stereocenters. The van der Waals surface area contributed by atoms with Gasteiger partial charge in [-0.3, -0.25) is 19.4 Å². The van der Waals surface area contributed by atoms with Crippen LogP contribution in [0.15, 0.2) is 54.6 Å². The predicted molar refractivity (Wildman–Crippen MR) is 170 cm³/mol. The topological polar surface area (TPSA) is 93.6 Å². The molecule has 3 fully saturated rings. The molecule has 0 spiro atoms. The molecule has 3 heterocycles. The van der Waals surface area contributed by atoms with Crippen LogP contribution in [0.1, 0.15) is 74.5 Å². The zero-order chi connectivity index (χ0) is 33.2. The molecule has 3 aliphatic heterocycles. The molecular formula is C35H46F2N4O5. The van der Waals surface area contributed by atoms with Crippen LogP contribution in [0.5, 0.6) is 0 Å². The number of hydrogen-bond acceptors (Lipinski definition) is 6. The van der Waals surface area contributed by atoms with Crippen LogP contribution in [-0.2, 0) is 16.0 Å². The number of ether oxygens (including phenoxy) is 1. The van der Waals surface area contributed by atoms with Crippen molar-refractivity contribution in [3.63, 3.8) is 0 Å². The minimum atomic E-state index is -2.82. The number of hydrogen-bond donors (Lipinski definition) is 1. The summed E-state index contributed by atoms with van der Waals surface area (Å²) < 4.78 is 33.0. The van der Waals surface area contributed by atoms with Gasteiger partial charge >= 0.3 is 6.09 Å². The quantitative estimate of drug-likeness (QED) is 0.470. The van der Waals surface area contributed by atoms with Gasteiger partial charge in [-0.15, -0.1) is 0 Å². The molecule has 0 aliphatic carbocycles. The monoisotopic (exact) mass is 640 g/mol. The average Bonchev–Trinajstić information content (AvgIpc) is 3.62. The van der Waals surface area contributed by atoms with Crippen molar-refractivity contribution in [3.8, 4) is 0 Å². The summed E-state index contributed by atoms with van der Waals surface area (Å²) in [5.74, 6) is -3.22. The second kappa shape index (κ2) is 13.7. The van der Waals surface area contributed by atoms with Crippen LogP contribution in [-0.4, -0.2) is 112 Å². The van der Waals surface area contributed by atoms with Crippen LogP contribution in [0.3, 0.4) is 0 Å². The Hall–Kier alpha value is -3.57. The van der Waals surface area contributed by atoms with Gasteiger partial charge in [0.2, 0.25) is 5.91 Å². The number of likely N-dealkylation sites (tertiary alicyclic amines) is 2. The highest BCUT2D eigenvalue weighted by Crippen LogP contribution is 2.36. The minimum Gasteiger partial charge on any atom is -0.444 e. The lowest BCUT2D eigenvalue weighted by molar-refractivity contribution is -0.137. The Morgan fingerprint density at radius 3 is 2.17 bits per heavy atom. The maximum Gasteiger partial charge on any atom is 0.410 e. The summed E-state index contributed by atoms with van der Waals surface area (Å²) in [6.07, 6.45) is 0.310. The molecule has 2 aromatic rings. The number of nitrogens with zero attached hydrogens (tertiary/aromatic N) is 4. The zero-order valence-electron chi connectivity index (χ0n) is 27.2. The van der Waals surface area contributed by atoms with Gasteiger partial charge in [0.1, 0.15) is 5.60 Å². The third-order valence-corrected chi connectivity index (χ3v) is 9.32. The van der Waals surface area contributed by atoms with Crippen molar-refractivity contribution in [3.05, 3.63) is 71.3 Å². The first-order chi connectivity index (χ1) is 21.7. The highest BCUT2D eigenvalue weighted by atomic mass is 19.3. The summed E-state index contributed by atoms with van der Waals surface area (Å²) in [7, 11) is 0. The minimum absolute atomic E-state index is 0.0701. The molecule has 0 aromatic heterocycles. The standard InChI is InChI=1S/C35H46F2N4O5/c1-24(31(43)40-17-16-35(36,37)23-40)38-18-20-39(21-19-38)32(44)27-12-10-25(11-13-27)22-28-14-15-29(30(42)26-8-6-5-7-9-26)41(28)33(45)46-34(2,3)4/h5-13,24,28-30,42H,14-23H2,1-4H3/t24?,28-,29+,30+/m0/s1. The predicted octanol–water partition coefficient (Wildman–Crippen LogP) is 4.74. The number of aliphatic hydroxyl groups is 1. The molecule has 5 rings (SSSR count). The van der Waals surface area contributed by atoms with E-state index in [1.54, 1.807) is 28.9 Å². The van der Waals surface area contributed by atoms with E-state index >= 15 is 0 Å². The Morgan fingerprint density at radius 1 is 0.935 bits per heavy atom. The van der Waals surface area contributed by atoms with Crippen LogP contribution < -0.4 is 0 Å². The lowest BCUT2D eigenvalue weighted by Crippen LogP contribution is -2.55.